The first-order valence-corrected chi connectivity index (χ1v) is 7.29. The van der Waals surface area contributed by atoms with Gasteiger partial charge in [-0.1, -0.05) is 20.3 Å². The number of hydrogen-bond donors (Lipinski definition) is 1. The second-order valence-corrected chi connectivity index (χ2v) is 5.81. The first-order chi connectivity index (χ1) is 9.43. The average Bonchev–Trinajstić information content (AvgIpc) is 2.43. The zero-order valence-electron chi connectivity index (χ0n) is 11.3. The fourth-order valence-electron chi connectivity index (χ4n) is 2.16. The molecule has 1 fully saturated rings. The van der Waals surface area contributed by atoms with Crippen LogP contribution in [0.1, 0.15) is 20.3 Å². The number of benzene rings is 1. The third kappa shape index (κ3) is 2.85. The summed E-state index contributed by atoms with van der Waals surface area (Å²) in [6.45, 7) is 3.86. The monoisotopic (exact) mass is 342 g/mol. The van der Waals surface area contributed by atoms with Crippen LogP contribution in [0.2, 0.25) is 0 Å². The lowest BCUT2D eigenvalue weighted by atomic mass is 9.96. The minimum Gasteiger partial charge on any atom is -0.342 e. The summed E-state index contributed by atoms with van der Waals surface area (Å²) in [5.41, 5.74) is 0.520. The molecule has 0 aliphatic carbocycles. The molecule has 0 bridgehead atoms. The van der Waals surface area contributed by atoms with Crippen molar-refractivity contribution < 1.29 is 14.0 Å². The molecule has 0 radical (unpaired) electrons. The molecule has 1 heterocycles. The van der Waals surface area contributed by atoms with Gasteiger partial charge in [0.1, 0.15) is 18.4 Å². The molecule has 108 valence electrons. The second kappa shape index (κ2) is 5.91. The molecule has 2 atom stereocenters. The van der Waals surface area contributed by atoms with Crippen molar-refractivity contribution >= 4 is 33.4 Å². The van der Waals surface area contributed by atoms with Crippen molar-refractivity contribution in [2.75, 3.05) is 11.4 Å². The topological polar surface area (TPSA) is 49.4 Å². The number of hydrogen-bond acceptors (Lipinski definition) is 2. The van der Waals surface area contributed by atoms with E-state index in [0.29, 0.717) is 5.69 Å². The molecule has 2 amide bonds. The molecular formula is C14H16BrFN2O2. The van der Waals surface area contributed by atoms with Crippen LogP contribution < -0.4 is 10.2 Å². The third-order valence-electron chi connectivity index (χ3n) is 3.58. The molecule has 0 saturated carbocycles. The summed E-state index contributed by atoms with van der Waals surface area (Å²) in [6.07, 6.45) is 0.789. The van der Waals surface area contributed by atoms with Crippen LogP contribution >= 0.6 is 15.9 Å². The molecular weight excluding hydrogens is 327 g/mol. The van der Waals surface area contributed by atoms with Gasteiger partial charge in [0.15, 0.2) is 0 Å². The number of amides is 2. The van der Waals surface area contributed by atoms with Crippen molar-refractivity contribution in [3.63, 3.8) is 0 Å². The largest absolute Gasteiger partial charge is 0.342 e. The number of piperazine rings is 1. The van der Waals surface area contributed by atoms with Crippen LogP contribution in [0.25, 0.3) is 0 Å². The summed E-state index contributed by atoms with van der Waals surface area (Å²) in [4.78, 5) is 25.7. The van der Waals surface area contributed by atoms with Crippen molar-refractivity contribution in [2.24, 2.45) is 5.92 Å². The molecule has 1 N–H and O–H groups in total. The van der Waals surface area contributed by atoms with E-state index in [4.69, 9.17) is 0 Å². The smallest absolute Gasteiger partial charge is 0.250 e. The van der Waals surface area contributed by atoms with Crippen molar-refractivity contribution in [1.82, 2.24) is 5.32 Å². The quantitative estimate of drug-likeness (QED) is 0.917. The van der Waals surface area contributed by atoms with E-state index >= 15 is 0 Å². The van der Waals surface area contributed by atoms with E-state index in [1.807, 2.05) is 13.8 Å². The summed E-state index contributed by atoms with van der Waals surface area (Å²) in [7, 11) is 0. The van der Waals surface area contributed by atoms with E-state index in [1.165, 1.54) is 23.1 Å². The molecule has 0 aromatic heterocycles. The van der Waals surface area contributed by atoms with Crippen LogP contribution in [-0.4, -0.2) is 24.4 Å². The Bertz CT molecular complexity index is 550. The molecule has 1 saturated heterocycles. The fraction of sp³-hybridized carbons (Fsp3) is 0.429. The van der Waals surface area contributed by atoms with Crippen LogP contribution in [0.3, 0.4) is 0 Å². The second-order valence-electron chi connectivity index (χ2n) is 4.95. The van der Waals surface area contributed by atoms with E-state index in [9.17, 15) is 14.0 Å². The highest BCUT2D eigenvalue weighted by Gasteiger charge is 2.36. The minimum atomic E-state index is -0.523. The molecule has 4 nitrogen and oxygen atoms in total. The Balaban J connectivity index is 2.32. The van der Waals surface area contributed by atoms with Gasteiger partial charge in [0.25, 0.3) is 0 Å². The van der Waals surface area contributed by atoms with Gasteiger partial charge in [-0.05, 0) is 40.0 Å². The summed E-state index contributed by atoms with van der Waals surface area (Å²) < 4.78 is 13.5. The summed E-state index contributed by atoms with van der Waals surface area (Å²) in [6, 6.07) is 3.77. The Labute approximate surface area is 125 Å². The first-order valence-electron chi connectivity index (χ1n) is 6.49. The van der Waals surface area contributed by atoms with Crippen LogP contribution in [0, 0.1) is 11.7 Å². The number of anilines is 1. The number of nitrogens with zero attached hydrogens (tertiary/aromatic N) is 1. The van der Waals surface area contributed by atoms with E-state index in [1.54, 1.807) is 0 Å². The van der Waals surface area contributed by atoms with Gasteiger partial charge in [-0.25, -0.2) is 4.39 Å². The number of carbonyl (C=O) groups is 2. The number of nitrogens with one attached hydrogen (secondary N) is 1. The number of rotatable bonds is 3. The molecule has 1 aliphatic heterocycles. The van der Waals surface area contributed by atoms with Crippen LogP contribution in [-0.2, 0) is 9.59 Å². The highest BCUT2D eigenvalue weighted by molar-refractivity contribution is 9.10. The Kier molecular flexibility index (Phi) is 4.42. The van der Waals surface area contributed by atoms with Gasteiger partial charge in [-0.2, -0.15) is 0 Å². The van der Waals surface area contributed by atoms with E-state index < -0.39 is 11.9 Å². The zero-order valence-corrected chi connectivity index (χ0v) is 12.9. The molecule has 1 aromatic rings. The molecule has 2 unspecified atom stereocenters. The predicted octanol–water partition coefficient (Wildman–Crippen LogP) is 2.47. The predicted molar refractivity (Wildman–Crippen MR) is 77.8 cm³/mol. The SMILES string of the molecule is CCC(C)C1NC(=O)CN(c2ccc(F)c(Br)c2)C1=O. The van der Waals surface area contributed by atoms with E-state index in [-0.39, 0.29) is 28.7 Å². The van der Waals surface area contributed by atoms with Crippen LogP contribution in [0.4, 0.5) is 10.1 Å². The van der Waals surface area contributed by atoms with Gasteiger partial charge in [-0.15, -0.1) is 0 Å². The minimum absolute atomic E-state index is 0.0379. The van der Waals surface area contributed by atoms with Crippen LogP contribution in [0.5, 0.6) is 0 Å². The van der Waals surface area contributed by atoms with Crippen molar-refractivity contribution in [2.45, 2.75) is 26.3 Å². The van der Waals surface area contributed by atoms with Gasteiger partial charge in [0.05, 0.1) is 4.47 Å². The maximum absolute atomic E-state index is 13.3. The van der Waals surface area contributed by atoms with Gasteiger partial charge >= 0.3 is 0 Å². The van der Waals surface area contributed by atoms with Crippen molar-refractivity contribution in [3.8, 4) is 0 Å². The van der Waals surface area contributed by atoms with Crippen molar-refractivity contribution in [1.29, 1.82) is 0 Å². The Hall–Kier alpha value is -1.43. The lowest BCUT2D eigenvalue weighted by molar-refractivity contribution is -0.132. The first kappa shape index (κ1) is 15.0. The lowest BCUT2D eigenvalue weighted by Gasteiger charge is -2.35. The standard InChI is InChI=1S/C14H16BrFN2O2/c1-3-8(2)13-14(20)18(7-12(19)17-13)9-4-5-11(16)10(15)6-9/h4-6,8,13H,3,7H2,1-2H3,(H,17,19). The number of carbonyl (C=O) groups excluding carboxylic acids is 2. The maximum Gasteiger partial charge on any atom is 0.250 e. The average molecular weight is 343 g/mol. The van der Waals surface area contributed by atoms with Crippen LogP contribution in [0.15, 0.2) is 22.7 Å². The molecule has 2 rings (SSSR count). The summed E-state index contributed by atoms with van der Waals surface area (Å²) in [5.74, 6) is -0.702. The Morgan fingerprint density at radius 3 is 2.80 bits per heavy atom. The summed E-state index contributed by atoms with van der Waals surface area (Å²) in [5, 5.41) is 2.73. The van der Waals surface area contributed by atoms with Crippen molar-refractivity contribution in [3.05, 3.63) is 28.5 Å². The van der Waals surface area contributed by atoms with Gasteiger partial charge in [0.2, 0.25) is 11.8 Å². The highest BCUT2D eigenvalue weighted by atomic mass is 79.9. The number of halogens is 2. The lowest BCUT2D eigenvalue weighted by Crippen LogP contribution is -2.60. The molecule has 1 aromatic carbocycles. The Morgan fingerprint density at radius 2 is 2.20 bits per heavy atom. The molecule has 0 spiro atoms. The van der Waals surface area contributed by atoms with E-state index in [0.717, 1.165) is 6.42 Å². The Morgan fingerprint density at radius 1 is 1.50 bits per heavy atom. The molecule has 6 heteroatoms. The summed E-state index contributed by atoms with van der Waals surface area (Å²) >= 11 is 3.09. The highest BCUT2D eigenvalue weighted by Crippen LogP contribution is 2.26. The van der Waals surface area contributed by atoms with Gasteiger partial charge in [0, 0.05) is 5.69 Å². The molecule has 20 heavy (non-hydrogen) atoms. The van der Waals surface area contributed by atoms with E-state index in [2.05, 4.69) is 21.2 Å². The van der Waals surface area contributed by atoms with Gasteiger partial charge < -0.3 is 10.2 Å². The third-order valence-corrected chi connectivity index (χ3v) is 4.19. The maximum atomic E-state index is 13.3. The van der Waals surface area contributed by atoms with Gasteiger partial charge in [-0.3, -0.25) is 9.59 Å². The fourth-order valence-corrected chi connectivity index (χ4v) is 2.53. The normalized spacial score (nSPS) is 20.8. The zero-order chi connectivity index (χ0) is 14.9. The molecule has 1 aliphatic rings.